The van der Waals surface area contributed by atoms with E-state index in [9.17, 15) is 14.7 Å². The maximum absolute atomic E-state index is 12.6. The van der Waals surface area contributed by atoms with Crippen LogP contribution in [0, 0.1) is 18.8 Å². The molecule has 2 aromatic rings. The van der Waals surface area contributed by atoms with Crippen LogP contribution in [0.3, 0.4) is 0 Å². The fourth-order valence-corrected chi connectivity index (χ4v) is 4.87. The molecule has 1 aliphatic carbocycles. The smallest absolute Gasteiger partial charge is 0.273 e. The first-order chi connectivity index (χ1) is 13.0. The molecule has 1 saturated heterocycles. The third-order valence-corrected chi connectivity index (χ3v) is 6.45. The summed E-state index contributed by atoms with van der Waals surface area (Å²) in [6.45, 7) is 3.11. The van der Waals surface area contributed by atoms with Gasteiger partial charge in [-0.1, -0.05) is 11.2 Å². The minimum absolute atomic E-state index is 0.139. The lowest BCUT2D eigenvalue weighted by Crippen LogP contribution is -2.49. The molecule has 2 fully saturated rings. The lowest BCUT2D eigenvalue weighted by molar-refractivity contribution is -0.129. The van der Waals surface area contributed by atoms with Crippen molar-refractivity contribution in [1.29, 1.82) is 0 Å². The predicted molar refractivity (Wildman–Crippen MR) is 99.3 cm³/mol. The Kier molecular flexibility index (Phi) is 5.01. The average molecular weight is 389 g/mol. The molecule has 2 aromatic heterocycles. The molecule has 2 amide bonds. The molecule has 144 valence electrons. The van der Waals surface area contributed by atoms with Gasteiger partial charge in [-0.25, -0.2) is 0 Å². The summed E-state index contributed by atoms with van der Waals surface area (Å²) in [5, 5.41) is 19.1. The number of rotatable bonds is 4. The van der Waals surface area contributed by atoms with Crippen molar-refractivity contribution in [3.8, 4) is 0 Å². The van der Waals surface area contributed by atoms with Crippen molar-refractivity contribution in [1.82, 2.24) is 15.4 Å². The number of likely N-dealkylation sites (tertiary alicyclic amines) is 1. The number of hydrogen-bond donors (Lipinski definition) is 2. The van der Waals surface area contributed by atoms with E-state index in [4.69, 9.17) is 4.52 Å². The maximum Gasteiger partial charge on any atom is 0.273 e. The van der Waals surface area contributed by atoms with Crippen molar-refractivity contribution in [2.45, 2.75) is 38.3 Å². The highest BCUT2D eigenvalue weighted by Crippen LogP contribution is 2.37. The van der Waals surface area contributed by atoms with Crippen LogP contribution < -0.4 is 5.32 Å². The van der Waals surface area contributed by atoms with E-state index in [1.165, 1.54) is 0 Å². The van der Waals surface area contributed by atoms with E-state index in [1.54, 1.807) is 24.3 Å². The molecule has 2 N–H and O–H groups in total. The molecule has 0 unspecified atom stereocenters. The number of aliphatic hydroxyl groups excluding tert-OH is 1. The Morgan fingerprint density at radius 1 is 1.37 bits per heavy atom. The molecule has 0 radical (unpaired) electrons. The number of aromatic nitrogens is 1. The third kappa shape index (κ3) is 3.91. The Morgan fingerprint density at radius 2 is 2.15 bits per heavy atom. The molecule has 0 spiro atoms. The normalized spacial score (nSPS) is 27.4. The summed E-state index contributed by atoms with van der Waals surface area (Å²) in [7, 11) is 0. The van der Waals surface area contributed by atoms with Crippen LogP contribution in [-0.4, -0.2) is 52.2 Å². The zero-order chi connectivity index (χ0) is 19.0. The maximum atomic E-state index is 12.6. The number of amides is 2. The van der Waals surface area contributed by atoms with Crippen LogP contribution in [0.5, 0.6) is 0 Å². The molecule has 2 aliphatic rings. The summed E-state index contributed by atoms with van der Waals surface area (Å²) >= 11 is 1.59. The van der Waals surface area contributed by atoms with Gasteiger partial charge in [0.15, 0.2) is 5.69 Å². The highest BCUT2D eigenvalue weighted by Gasteiger charge is 2.43. The first kappa shape index (κ1) is 18.2. The minimum Gasteiger partial charge on any atom is -0.391 e. The summed E-state index contributed by atoms with van der Waals surface area (Å²) < 4.78 is 4.94. The Morgan fingerprint density at radius 3 is 2.81 bits per heavy atom. The van der Waals surface area contributed by atoms with Crippen LogP contribution in [0.15, 0.2) is 28.1 Å². The van der Waals surface area contributed by atoms with Gasteiger partial charge < -0.3 is 19.8 Å². The number of fused-ring (bicyclic) bond motifs is 1. The zero-order valence-electron chi connectivity index (χ0n) is 15.1. The molecule has 0 aromatic carbocycles. The van der Waals surface area contributed by atoms with E-state index < -0.39 is 6.10 Å². The van der Waals surface area contributed by atoms with Gasteiger partial charge in [-0.2, -0.15) is 0 Å². The first-order valence-electron chi connectivity index (χ1n) is 9.22. The van der Waals surface area contributed by atoms with Crippen LogP contribution in [0.4, 0.5) is 0 Å². The molecule has 8 heteroatoms. The van der Waals surface area contributed by atoms with Gasteiger partial charge in [-0.05, 0) is 43.0 Å². The molecule has 0 bridgehead atoms. The van der Waals surface area contributed by atoms with E-state index in [2.05, 4.69) is 10.5 Å². The van der Waals surface area contributed by atoms with Gasteiger partial charge in [0.25, 0.3) is 5.91 Å². The quantitative estimate of drug-likeness (QED) is 0.828. The number of nitrogens with zero attached hydrogens (tertiary/aromatic N) is 2. The molecular formula is C19H23N3O4S. The van der Waals surface area contributed by atoms with E-state index in [0.717, 1.165) is 4.88 Å². The highest BCUT2D eigenvalue weighted by atomic mass is 32.1. The van der Waals surface area contributed by atoms with Gasteiger partial charge in [0.1, 0.15) is 5.76 Å². The van der Waals surface area contributed by atoms with Crippen LogP contribution >= 0.6 is 11.3 Å². The first-order valence-corrected chi connectivity index (χ1v) is 10.1. The number of carbonyl (C=O) groups is 2. The van der Waals surface area contributed by atoms with Crippen molar-refractivity contribution >= 4 is 23.2 Å². The Labute approximate surface area is 161 Å². The van der Waals surface area contributed by atoms with Gasteiger partial charge in [0.2, 0.25) is 5.91 Å². The fraction of sp³-hybridized carbons (Fsp3) is 0.526. The fourth-order valence-electron chi connectivity index (χ4n) is 4.18. The minimum atomic E-state index is -0.615. The number of carbonyl (C=O) groups excluding carboxylic acids is 2. The Bertz CT molecular complexity index is 819. The largest absolute Gasteiger partial charge is 0.391 e. The number of hydrogen-bond acceptors (Lipinski definition) is 6. The van der Waals surface area contributed by atoms with Gasteiger partial charge in [0.05, 0.1) is 18.6 Å². The lowest BCUT2D eigenvalue weighted by Gasteiger charge is -2.35. The number of thiophene rings is 1. The zero-order valence-corrected chi connectivity index (χ0v) is 15.9. The van der Waals surface area contributed by atoms with Crippen molar-refractivity contribution < 1.29 is 19.2 Å². The second-order valence-corrected chi connectivity index (χ2v) is 8.55. The van der Waals surface area contributed by atoms with E-state index in [1.807, 2.05) is 22.4 Å². The number of aryl methyl sites for hydroxylation is 1. The van der Waals surface area contributed by atoms with Crippen LogP contribution in [-0.2, 0) is 11.2 Å². The average Bonchev–Trinajstić information content (AvgIpc) is 3.36. The topological polar surface area (TPSA) is 95.7 Å². The molecule has 3 heterocycles. The monoisotopic (exact) mass is 389 g/mol. The van der Waals surface area contributed by atoms with E-state index in [0.29, 0.717) is 44.0 Å². The number of nitrogens with one attached hydrogen (secondary N) is 1. The summed E-state index contributed by atoms with van der Waals surface area (Å²) in [6.07, 6.45) is 1.08. The SMILES string of the molecule is Cc1cc(C(=O)N[C@H]2C[C@H]3CN(C(=O)Cc4cccs4)C[C@H]3C[C@@H]2O)no1. The van der Waals surface area contributed by atoms with Crippen LogP contribution in [0.25, 0.3) is 0 Å². The molecular weight excluding hydrogens is 366 g/mol. The summed E-state index contributed by atoms with van der Waals surface area (Å²) in [5.41, 5.74) is 0.223. The van der Waals surface area contributed by atoms with Crippen molar-refractivity contribution in [3.63, 3.8) is 0 Å². The summed E-state index contributed by atoms with van der Waals surface area (Å²) in [4.78, 5) is 27.9. The third-order valence-electron chi connectivity index (χ3n) is 5.58. The van der Waals surface area contributed by atoms with E-state index >= 15 is 0 Å². The molecule has 4 atom stereocenters. The Balaban J connectivity index is 1.35. The van der Waals surface area contributed by atoms with Crippen molar-refractivity contribution in [2.24, 2.45) is 11.8 Å². The molecule has 27 heavy (non-hydrogen) atoms. The molecule has 4 rings (SSSR count). The van der Waals surface area contributed by atoms with Gasteiger partial charge in [0, 0.05) is 24.0 Å². The summed E-state index contributed by atoms with van der Waals surface area (Å²) in [5.74, 6) is 0.956. The molecule has 1 aliphatic heterocycles. The van der Waals surface area contributed by atoms with Crippen molar-refractivity contribution in [3.05, 3.63) is 39.9 Å². The van der Waals surface area contributed by atoms with Gasteiger partial charge in [-0.3, -0.25) is 9.59 Å². The predicted octanol–water partition coefficient (Wildman–Crippen LogP) is 1.61. The molecule has 7 nitrogen and oxygen atoms in total. The van der Waals surface area contributed by atoms with Gasteiger partial charge >= 0.3 is 0 Å². The standard InChI is InChI=1S/C19H23N3O4S/c1-11-5-16(21-26-11)19(25)20-15-6-12-9-22(10-13(12)7-17(15)23)18(24)8-14-3-2-4-27-14/h2-5,12-13,15,17,23H,6-10H2,1H3,(H,20,25)/t12-,13+,15-,17-/m0/s1. The second-order valence-electron chi connectivity index (χ2n) is 7.52. The highest BCUT2D eigenvalue weighted by molar-refractivity contribution is 7.10. The van der Waals surface area contributed by atoms with Crippen molar-refractivity contribution in [2.75, 3.05) is 13.1 Å². The van der Waals surface area contributed by atoms with Crippen LogP contribution in [0.1, 0.15) is 34.0 Å². The second kappa shape index (κ2) is 7.44. The van der Waals surface area contributed by atoms with Crippen LogP contribution in [0.2, 0.25) is 0 Å². The lowest BCUT2D eigenvalue weighted by atomic mass is 9.77. The Hall–Kier alpha value is -2.19. The number of aliphatic hydroxyl groups is 1. The van der Waals surface area contributed by atoms with Gasteiger partial charge in [-0.15, -0.1) is 11.3 Å². The van der Waals surface area contributed by atoms with E-state index in [-0.39, 0.29) is 29.5 Å². The summed E-state index contributed by atoms with van der Waals surface area (Å²) in [6, 6.07) is 5.18. The molecule has 1 saturated carbocycles.